The molecule has 1 aromatic carbocycles. The van der Waals surface area contributed by atoms with Crippen LogP contribution in [0.1, 0.15) is 19.0 Å². The third kappa shape index (κ3) is 5.58. The number of aromatic nitrogens is 2. The topological polar surface area (TPSA) is 97.6 Å². The Morgan fingerprint density at radius 1 is 1.23 bits per heavy atom. The van der Waals surface area contributed by atoms with Crippen molar-refractivity contribution in [3.05, 3.63) is 46.4 Å². The van der Waals surface area contributed by atoms with Crippen molar-refractivity contribution in [3.63, 3.8) is 0 Å². The summed E-state index contributed by atoms with van der Waals surface area (Å²) in [5.41, 5.74) is 1.28. The van der Waals surface area contributed by atoms with Crippen LogP contribution in [0, 0.1) is 6.92 Å². The number of carbonyl (C=O) groups excluding carboxylic acids is 2. The van der Waals surface area contributed by atoms with Gasteiger partial charge in [0.2, 0.25) is 11.8 Å². The van der Waals surface area contributed by atoms with Crippen molar-refractivity contribution >= 4 is 17.5 Å². The molecule has 1 heterocycles. The van der Waals surface area contributed by atoms with Gasteiger partial charge in [0.1, 0.15) is 5.69 Å². The SMILES string of the molecule is COCCCNC(=O)CN(C)C(C)C(=O)Nc1c(C)n(C)n(-c2ccccc2)c1=O. The molecule has 1 atom stereocenters. The molecule has 2 amide bonds. The molecule has 2 N–H and O–H groups in total. The number of hydrogen-bond acceptors (Lipinski definition) is 5. The van der Waals surface area contributed by atoms with Gasteiger partial charge in [0.05, 0.1) is 24.0 Å². The van der Waals surface area contributed by atoms with Crippen LogP contribution in [0.3, 0.4) is 0 Å². The number of hydrogen-bond donors (Lipinski definition) is 2. The zero-order valence-corrected chi connectivity index (χ0v) is 18.3. The van der Waals surface area contributed by atoms with Gasteiger partial charge in [-0.05, 0) is 39.4 Å². The third-order valence-electron chi connectivity index (χ3n) is 5.08. The summed E-state index contributed by atoms with van der Waals surface area (Å²) >= 11 is 0. The number of ether oxygens (including phenoxy) is 1. The number of likely N-dealkylation sites (N-methyl/N-ethyl adjacent to an activating group) is 1. The van der Waals surface area contributed by atoms with E-state index in [1.807, 2.05) is 30.3 Å². The molecule has 9 nitrogen and oxygen atoms in total. The maximum atomic E-state index is 12.9. The molecular formula is C21H31N5O4. The Hall–Kier alpha value is -2.91. The monoisotopic (exact) mass is 417 g/mol. The van der Waals surface area contributed by atoms with Gasteiger partial charge in [-0.15, -0.1) is 0 Å². The third-order valence-corrected chi connectivity index (χ3v) is 5.08. The molecule has 0 aliphatic rings. The molecule has 0 saturated heterocycles. The van der Waals surface area contributed by atoms with Gasteiger partial charge in [-0.1, -0.05) is 18.2 Å². The Labute approximate surface area is 176 Å². The normalized spacial score (nSPS) is 12.1. The predicted molar refractivity (Wildman–Crippen MR) is 116 cm³/mol. The highest BCUT2D eigenvalue weighted by Crippen LogP contribution is 2.14. The molecule has 0 saturated carbocycles. The number of nitrogens with zero attached hydrogens (tertiary/aromatic N) is 3. The summed E-state index contributed by atoms with van der Waals surface area (Å²) in [6.07, 6.45) is 0.725. The Balaban J connectivity index is 2.05. The summed E-state index contributed by atoms with van der Waals surface area (Å²) in [4.78, 5) is 39.3. The summed E-state index contributed by atoms with van der Waals surface area (Å²) in [7, 11) is 5.07. The number of methoxy groups -OCH3 is 1. The molecule has 2 rings (SSSR count). The van der Waals surface area contributed by atoms with E-state index >= 15 is 0 Å². The van der Waals surface area contributed by atoms with Gasteiger partial charge in [0.15, 0.2) is 0 Å². The number of anilines is 1. The number of rotatable bonds is 10. The van der Waals surface area contributed by atoms with Crippen LogP contribution in [0.5, 0.6) is 0 Å². The summed E-state index contributed by atoms with van der Waals surface area (Å²) in [6, 6.07) is 8.62. The summed E-state index contributed by atoms with van der Waals surface area (Å²) in [5, 5.41) is 5.53. The molecule has 30 heavy (non-hydrogen) atoms. The van der Waals surface area contributed by atoms with Gasteiger partial charge >= 0.3 is 0 Å². The van der Waals surface area contributed by atoms with Crippen molar-refractivity contribution in [1.29, 1.82) is 0 Å². The minimum Gasteiger partial charge on any atom is -0.385 e. The Morgan fingerprint density at radius 3 is 2.53 bits per heavy atom. The van der Waals surface area contributed by atoms with E-state index in [-0.39, 0.29) is 29.6 Å². The van der Waals surface area contributed by atoms with Crippen molar-refractivity contribution < 1.29 is 14.3 Å². The second kappa shape index (κ2) is 10.7. The molecule has 1 aromatic heterocycles. The average molecular weight is 418 g/mol. The molecule has 0 bridgehead atoms. The summed E-state index contributed by atoms with van der Waals surface area (Å²) in [5.74, 6) is -0.522. The highest BCUT2D eigenvalue weighted by Gasteiger charge is 2.24. The largest absolute Gasteiger partial charge is 0.385 e. The van der Waals surface area contributed by atoms with Crippen LogP contribution in [0.25, 0.3) is 5.69 Å². The van der Waals surface area contributed by atoms with Crippen molar-refractivity contribution in [1.82, 2.24) is 19.6 Å². The first-order valence-electron chi connectivity index (χ1n) is 9.88. The minimum atomic E-state index is -0.598. The minimum absolute atomic E-state index is 0.0730. The van der Waals surface area contributed by atoms with Crippen LogP contribution in [0.15, 0.2) is 35.1 Å². The molecular weight excluding hydrogens is 386 g/mol. The first-order chi connectivity index (χ1) is 14.3. The van der Waals surface area contributed by atoms with Crippen LogP contribution < -0.4 is 16.2 Å². The van der Waals surface area contributed by atoms with E-state index in [0.717, 1.165) is 6.42 Å². The quantitative estimate of drug-likeness (QED) is 0.560. The van der Waals surface area contributed by atoms with Crippen molar-refractivity contribution in [2.75, 3.05) is 39.2 Å². The van der Waals surface area contributed by atoms with E-state index in [0.29, 0.717) is 24.5 Å². The lowest BCUT2D eigenvalue weighted by Crippen LogP contribution is -2.45. The average Bonchev–Trinajstić information content (AvgIpc) is 2.94. The lowest BCUT2D eigenvalue weighted by atomic mass is 10.2. The predicted octanol–water partition coefficient (Wildman–Crippen LogP) is 0.896. The lowest BCUT2D eigenvalue weighted by molar-refractivity contribution is -0.124. The first kappa shape index (κ1) is 23.4. The summed E-state index contributed by atoms with van der Waals surface area (Å²) < 4.78 is 8.16. The van der Waals surface area contributed by atoms with Crippen molar-refractivity contribution in [3.8, 4) is 5.69 Å². The highest BCUT2D eigenvalue weighted by molar-refractivity contribution is 5.95. The lowest BCUT2D eigenvalue weighted by Gasteiger charge is -2.23. The maximum Gasteiger partial charge on any atom is 0.295 e. The Kier molecular flexibility index (Phi) is 8.37. The van der Waals surface area contributed by atoms with Crippen LogP contribution in [0.4, 0.5) is 5.69 Å². The Morgan fingerprint density at radius 2 is 1.90 bits per heavy atom. The zero-order valence-electron chi connectivity index (χ0n) is 18.3. The fourth-order valence-electron chi connectivity index (χ4n) is 3.00. The number of para-hydroxylation sites is 1. The molecule has 164 valence electrons. The van der Waals surface area contributed by atoms with E-state index < -0.39 is 6.04 Å². The van der Waals surface area contributed by atoms with E-state index in [2.05, 4.69) is 10.6 Å². The molecule has 0 aliphatic heterocycles. The standard InChI is InChI=1S/C21H31N5O4/c1-15-19(21(29)26(25(15)4)17-10-7-6-8-11-17)23-20(28)16(2)24(3)14-18(27)22-12-9-13-30-5/h6-8,10-11,16H,9,12-14H2,1-5H3,(H,22,27)(H,23,28). The van der Waals surface area contributed by atoms with Gasteiger partial charge in [0, 0.05) is 27.3 Å². The van der Waals surface area contributed by atoms with E-state index in [1.54, 1.807) is 44.6 Å². The second-order valence-electron chi connectivity index (χ2n) is 7.21. The van der Waals surface area contributed by atoms with Gasteiger partial charge < -0.3 is 15.4 Å². The van der Waals surface area contributed by atoms with Crippen LogP contribution >= 0.6 is 0 Å². The zero-order chi connectivity index (χ0) is 22.3. The van der Waals surface area contributed by atoms with Crippen LogP contribution in [-0.4, -0.2) is 66.0 Å². The van der Waals surface area contributed by atoms with Crippen molar-refractivity contribution in [2.24, 2.45) is 7.05 Å². The van der Waals surface area contributed by atoms with E-state index in [9.17, 15) is 14.4 Å². The fourth-order valence-corrected chi connectivity index (χ4v) is 3.00. The molecule has 0 radical (unpaired) electrons. The van der Waals surface area contributed by atoms with E-state index in [4.69, 9.17) is 4.74 Å². The number of benzene rings is 1. The number of nitrogens with one attached hydrogen (secondary N) is 2. The first-order valence-corrected chi connectivity index (χ1v) is 9.88. The van der Waals surface area contributed by atoms with Gasteiger partial charge in [-0.25, -0.2) is 4.68 Å². The number of amides is 2. The molecule has 9 heteroatoms. The molecule has 0 spiro atoms. The molecule has 2 aromatic rings. The van der Waals surface area contributed by atoms with Gasteiger partial charge in [-0.3, -0.25) is 24.0 Å². The smallest absolute Gasteiger partial charge is 0.295 e. The van der Waals surface area contributed by atoms with Crippen LogP contribution in [-0.2, 0) is 21.4 Å². The number of carbonyl (C=O) groups is 2. The van der Waals surface area contributed by atoms with Gasteiger partial charge in [0.25, 0.3) is 5.56 Å². The Bertz CT molecular complexity index is 919. The molecule has 0 aliphatic carbocycles. The second-order valence-corrected chi connectivity index (χ2v) is 7.21. The van der Waals surface area contributed by atoms with Gasteiger partial charge in [-0.2, -0.15) is 0 Å². The van der Waals surface area contributed by atoms with Crippen LogP contribution in [0.2, 0.25) is 0 Å². The van der Waals surface area contributed by atoms with Crippen molar-refractivity contribution in [2.45, 2.75) is 26.3 Å². The fraction of sp³-hybridized carbons (Fsp3) is 0.476. The summed E-state index contributed by atoms with van der Waals surface area (Å²) in [6.45, 7) is 4.64. The molecule has 1 unspecified atom stereocenters. The molecule has 0 fully saturated rings. The highest BCUT2D eigenvalue weighted by atomic mass is 16.5. The van der Waals surface area contributed by atoms with E-state index in [1.165, 1.54) is 4.68 Å². The maximum absolute atomic E-state index is 12.9.